The number of nitrogens with two attached hydrogens (primary N) is 1. The van der Waals surface area contributed by atoms with Crippen LogP contribution in [0.4, 0.5) is 10.5 Å². The summed E-state index contributed by atoms with van der Waals surface area (Å²) in [4.78, 5) is 14.0. The normalized spacial score (nSPS) is 16.0. The molecular weight excluding hydrogens is 278 g/mol. The lowest BCUT2D eigenvalue weighted by atomic mass is 9.99. The van der Waals surface area contributed by atoms with E-state index in [-0.39, 0.29) is 12.1 Å². The van der Waals surface area contributed by atoms with E-state index in [0.29, 0.717) is 19.6 Å². The molecule has 1 amide bonds. The molecule has 1 aromatic carbocycles. The van der Waals surface area contributed by atoms with Crippen molar-refractivity contribution in [1.29, 1.82) is 0 Å². The Kier molecular flexibility index (Phi) is 4.96. The van der Waals surface area contributed by atoms with Gasteiger partial charge in [-0.15, -0.1) is 0 Å². The number of carbonyl (C=O) groups is 1. The monoisotopic (exact) mass is 305 g/mol. The lowest BCUT2D eigenvalue weighted by Crippen LogP contribution is -2.39. The zero-order valence-corrected chi connectivity index (χ0v) is 14.0. The molecule has 1 atom stereocenters. The molecular formula is C17H27N3O2. The van der Waals surface area contributed by atoms with E-state index < -0.39 is 5.60 Å². The van der Waals surface area contributed by atoms with Crippen molar-refractivity contribution < 1.29 is 9.53 Å². The number of nitrogens with zero attached hydrogens (tertiary/aromatic N) is 1. The summed E-state index contributed by atoms with van der Waals surface area (Å²) in [6, 6.07) is 6.54. The van der Waals surface area contributed by atoms with Crippen LogP contribution < -0.4 is 11.1 Å². The van der Waals surface area contributed by atoms with Crippen molar-refractivity contribution in [2.45, 2.75) is 52.3 Å². The van der Waals surface area contributed by atoms with E-state index in [2.05, 4.69) is 23.5 Å². The molecule has 122 valence electrons. The highest BCUT2D eigenvalue weighted by Gasteiger charge is 2.25. The second kappa shape index (κ2) is 6.57. The fourth-order valence-electron chi connectivity index (χ4n) is 2.47. The highest BCUT2D eigenvalue weighted by Crippen LogP contribution is 2.24. The summed E-state index contributed by atoms with van der Waals surface area (Å²) in [5.74, 6) is 0. The van der Waals surface area contributed by atoms with Crippen molar-refractivity contribution in [2.75, 3.05) is 18.4 Å². The van der Waals surface area contributed by atoms with E-state index in [1.54, 1.807) is 4.90 Å². The van der Waals surface area contributed by atoms with E-state index in [9.17, 15) is 4.79 Å². The van der Waals surface area contributed by atoms with Crippen molar-refractivity contribution in [3.05, 3.63) is 29.3 Å². The van der Waals surface area contributed by atoms with Gasteiger partial charge < -0.3 is 20.7 Å². The lowest BCUT2D eigenvalue weighted by molar-refractivity contribution is 0.0224. The smallest absolute Gasteiger partial charge is 0.410 e. The Morgan fingerprint density at radius 2 is 2.14 bits per heavy atom. The fraction of sp³-hybridized carbons (Fsp3) is 0.588. The van der Waals surface area contributed by atoms with Crippen LogP contribution in [0, 0.1) is 0 Å². The molecule has 3 N–H and O–H groups in total. The third-order valence-corrected chi connectivity index (χ3v) is 3.64. The number of carbonyl (C=O) groups excluding carboxylic acids is 1. The number of ether oxygens (including phenoxy) is 1. The minimum atomic E-state index is -0.461. The maximum Gasteiger partial charge on any atom is 0.410 e. The van der Waals surface area contributed by atoms with Crippen LogP contribution in [0.2, 0.25) is 0 Å². The molecule has 1 aliphatic heterocycles. The fourth-order valence-corrected chi connectivity index (χ4v) is 2.47. The molecule has 0 radical (unpaired) electrons. The number of hydrogen-bond donors (Lipinski definition) is 2. The Morgan fingerprint density at radius 3 is 2.77 bits per heavy atom. The van der Waals surface area contributed by atoms with Crippen LogP contribution in [0.25, 0.3) is 0 Å². The van der Waals surface area contributed by atoms with Crippen LogP contribution in [0.3, 0.4) is 0 Å². The highest BCUT2D eigenvalue weighted by atomic mass is 16.6. The number of amides is 1. The minimum Gasteiger partial charge on any atom is -0.444 e. The van der Waals surface area contributed by atoms with Crippen LogP contribution >= 0.6 is 0 Å². The predicted octanol–water partition coefficient (Wildman–Crippen LogP) is 2.74. The second-order valence-corrected chi connectivity index (χ2v) is 6.92. The zero-order valence-electron chi connectivity index (χ0n) is 14.0. The van der Waals surface area contributed by atoms with Crippen molar-refractivity contribution in [2.24, 2.45) is 5.73 Å². The van der Waals surface area contributed by atoms with E-state index in [1.165, 1.54) is 11.1 Å². The topological polar surface area (TPSA) is 67.6 Å². The Hall–Kier alpha value is -1.75. The van der Waals surface area contributed by atoms with E-state index in [4.69, 9.17) is 10.5 Å². The second-order valence-electron chi connectivity index (χ2n) is 6.92. The van der Waals surface area contributed by atoms with E-state index >= 15 is 0 Å². The Bertz CT molecular complexity index is 537. The lowest BCUT2D eigenvalue weighted by Gasteiger charge is -2.31. The molecule has 1 aliphatic rings. The van der Waals surface area contributed by atoms with Crippen LogP contribution in [-0.4, -0.2) is 35.7 Å². The summed E-state index contributed by atoms with van der Waals surface area (Å²) in [6.45, 7) is 9.59. The van der Waals surface area contributed by atoms with Gasteiger partial charge >= 0.3 is 6.09 Å². The molecule has 5 nitrogen and oxygen atoms in total. The quantitative estimate of drug-likeness (QED) is 0.901. The number of nitrogens with one attached hydrogen (secondary N) is 1. The van der Waals surface area contributed by atoms with Gasteiger partial charge in [0.1, 0.15) is 5.60 Å². The van der Waals surface area contributed by atoms with Gasteiger partial charge in [-0.05, 0) is 57.4 Å². The molecule has 0 aromatic heterocycles. The first kappa shape index (κ1) is 16.6. The summed E-state index contributed by atoms with van der Waals surface area (Å²) in [6.07, 6.45) is 0.619. The van der Waals surface area contributed by atoms with Gasteiger partial charge in [-0.2, -0.15) is 0 Å². The van der Waals surface area contributed by atoms with Crippen LogP contribution in [0.1, 0.15) is 38.8 Å². The first-order valence-corrected chi connectivity index (χ1v) is 7.85. The Balaban J connectivity index is 2.08. The van der Waals surface area contributed by atoms with Gasteiger partial charge in [-0.3, -0.25) is 0 Å². The highest BCUT2D eigenvalue weighted by molar-refractivity contribution is 5.69. The summed E-state index contributed by atoms with van der Waals surface area (Å²) in [5, 5.41) is 3.36. The summed E-state index contributed by atoms with van der Waals surface area (Å²) in [7, 11) is 0. The molecule has 2 rings (SSSR count). The van der Waals surface area contributed by atoms with Crippen molar-refractivity contribution in [3.63, 3.8) is 0 Å². The Morgan fingerprint density at radius 1 is 1.41 bits per heavy atom. The number of benzene rings is 1. The maximum absolute atomic E-state index is 12.2. The standard InChI is InChI=1S/C17H27N3O2/c1-12(10-18)19-15-6-5-13-7-8-20(11-14(13)9-15)16(21)22-17(2,3)4/h5-6,9,12,19H,7-8,10-11,18H2,1-4H3. The van der Waals surface area contributed by atoms with Crippen LogP contribution in [0.5, 0.6) is 0 Å². The molecule has 5 heteroatoms. The average molecular weight is 305 g/mol. The number of hydrogen-bond acceptors (Lipinski definition) is 4. The van der Waals surface area contributed by atoms with Gasteiger partial charge in [-0.1, -0.05) is 6.07 Å². The zero-order chi connectivity index (χ0) is 16.3. The van der Waals surface area contributed by atoms with Gasteiger partial charge in [0, 0.05) is 31.4 Å². The third kappa shape index (κ3) is 4.37. The molecule has 0 saturated heterocycles. The number of anilines is 1. The van der Waals surface area contributed by atoms with Gasteiger partial charge in [0.15, 0.2) is 0 Å². The van der Waals surface area contributed by atoms with Gasteiger partial charge in [-0.25, -0.2) is 4.79 Å². The number of rotatable bonds is 3. The van der Waals surface area contributed by atoms with Crippen LogP contribution in [-0.2, 0) is 17.7 Å². The largest absolute Gasteiger partial charge is 0.444 e. The molecule has 0 aliphatic carbocycles. The molecule has 1 heterocycles. The SMILES string of the molecule is CC(CN)Nc1ccc2c(c1)CN(C(=O)OC(C)(C)C)CC2. The van der Waals surface area contributed by atoms with Gasteiger partial charge in [0.2, 0.25) is 0 Å². The summed E-state index contributed by atoms with van der Waals surface area (Å²) in [5.41, 5.74) is 8.70. The maximum atomic E-state index is 12.2. The predicted molar refractivity (Wildman–Crippen MR) is 88.9 cm³/mol. The first-order valence-electron chi connectivity index (χ1n) is 7.85. The van der Waals surface area contributed by atoms with E-state index in [1.807, 2.05) is 27.7 Å². The van der Waals surface area contributed by atoms with Gasteiger partial charge in [0.25, 0.3) is 0 Å². The molecule has 1 unspecified atom stereocenters. The molecule has 0 bridgehead atoms. The molecule has 0 spiro atoms. The molecule has 0 saturated carbocycles. The summed E-state index contributed by atoms with van der Waals surface area (Å²) < 4.78 is 5.46. The Labute approximate surface area is 132 Å². The number of fused-ring (bicyclic) bond motifs is 1. The molecule has 22 heavy (non-hydrogen) atoms. The van der Waals surface area contributed by atoms with Crippen molar-refractivity contribution in [3.8, 4) is 0 Å². The minimum absolute atomic E-state index is 0.226. The average Bonchev–Trinajstić information content (AvgIpc) is 2.44. The molecule has 1 aromatic rings. The van der Waals surface area contributed by atoms with Crippen LogP contribution in [0.15, 0.2) is 18.2 Å². The summed E-state index contributed by atoms with van der Waals surface area (Å²) >= 11 is 0. The van der Waals surface area contributed by atoms with E-state index in [0.717, 1.165) is 12.1 Å². The van der Waals surface area contributed by atoms with Crippen molar-refractivity contribution in [1.82, 2.24) is 4.90 Å². The first-order chi connectivity index (χ1) is 10.3. The van der Waals surface area contributed by atoms with Gasteiger partial charge in [0.05, 0.1) is 0 Å². The molecule has 0 fully saturated rings. The third-order valence-electron chi connectivity index (χ3n) is 3.64. The van der Waals surface area contributed by atoms with Crippen molar-refractivity contribution >= 4 is 11.8 Å².